The Bertz CT molecular complexity index is 164. The molecule has 0 bridgehead atoms. The van der Waals surface area contributed by atoms with Gasteiger partial charge in [-0.2, -0.15) is 0 Å². The first kappa shape index (κ1) is 14.2. The molecule has 0 saturated carbocycles. The van der Waals surface area contributed by atoms with Crippen molar-refractivity contribution in [1.29, 1.82) is 0 Å². The summed E-state index contributed by atoms with van der Waals surface area (Å²) in [6.45, 7) is 11.6. The molecule has 0 aromatic rings. The zero-order chi connectivity index (χ0) is 11.5. The Kier molecular flexibility index (Phi) is 9.27. The average molecular weight is 214 g/mol. The van der Waals surface area contributed by atoms with Gasteiger partial charge in [0, 0.05) is 13.1 Å². The first-order valence-corrected chi connectivity index (χ1v) is 6.00. The van der Waals surface area contributed by atoms with Gasteiger partial charge in [0.1, 0.15) is 0 Å². The molecule has 0 fully saturated rings. The molecular formula is C11H26N4. The topological polar surface area (TPSA) is 53.6 Å². The van der Waals surface area contributed by atoms with Crippen LogP contribution in [0.3, 0.4) is 0 Å². The Morgan fingerprint density at radius 2 is 1.93 bits per heavy atom. The standard InChI is InChI=1S/C11H26N4/c1-4-8-13-11(12)14-9-7-10-15(5-2)6-3/h4-10H2,1-3H3,(H3,12,13,14). The molecule has 3 N–H and O–H groups in total. The monoisotopic (exact) mass is 214 g/mol. The van der Waals surface area contributed by atoms with Gasteiger partial charge in [-0.15, -0.1) is 0 Å². The highest BCUT2D eigenvalue weighted by Crippen LogP contribution is 1.89. The quantitative estimate of drug-likeness (QED) is 0.360. The van der Waals surface area contributed by atoms with E-state index in [1.54, 1.807) is 0 Å². The summed E-state index contributed by atoms with van der Waals surface area (Å²) in [6.07, 6.45) is 2.16. The van der Waals surface area contributed by atoms with Crippen LogP contribution < -0.4 is 11.1 Å². The van der Waals surface area contributed by atoms with Gasteiger partial charge in [-0.1, -0.05) is 20.8 Å². The van der Waals surface area contributed by atoms with Crippen molar-refractivity contribution >= 4 is 5.96 Å². The summed E-state index contributed by atoms with van der Waals surface area (Å²) in [5.41, 5.74) is 5.67. The van der Waals surface area contributed by atoms with Crippen LogP contribution in [0.15, 0.2) is 4.99 Å². The smallest absolute Gasteiger partial charge is 0.188 e. The summed E-state index contributed by atoms with van der Waals surface area (Å²) in [5.74, 6) is 0.580. The molecule has 0 aliphatic carbocycles. The van der Waals surface area contributed by atoms with Crippen LogP contribution in [0, 0.1) is 0 Å². The molecule has 0 aromatic heterocycles. The van der Waals surface area contributed by atoms with Gasteiger partial charge in [0.05, 0.1) is 0 Å². The van der Waals surface area contributed by atoms with Gasteiger partial charge >= 0.3 is 0 Å². The lowest BCUT2D eigenvalue weighted by Crippen LogP contribution is -2.34. The highest BCUT2D eigenvalue weighted by molar-refractivity contribution is 5.77. The van der Waals surface area contributed by atoms with E-state index in [9.17, 15) is 0 Å². The van der Waals surface area contributed by atoms with Gasteiger partial charge in [-0.3, -0.25) is 4.99 Å². The molecule has 0 atom stereocenters. The zero-order valence-corrected chi connectivity index (χ0v) is 10.4. The largest absolute Gasteiger partial charge is 0.370 e. The van der Waals surface area contributed by atoms with Gasteiger partial charge in [0.2, 0.25) is 0 Å². The molecule has 0 rings (SSSR count). The van der Waals surface area contributed by atoms with E-state index in [1.807, 2.05) is 0 Å². The predicted molar refractivity (Wildman–Crippen MR) is 67.2 cm³/mol. The second-order valence-electron chi connectivity index (χ2n) is 3.57. The van der Waals surface area contributed by atoms with Crippen LogP contribution in [-0.2, 0) is 0 Å². The van der Waals surface area contributed by atoms with Crippen molar-refractivity contribution in [2.24, 2.45) is 10.7 Å². The lowest BCUT2D eigenvalue weighted by molar-refractivity contribution is 0.300. The fourth-order valence-electron chi connectivity index (χ4n) is 1.35. The molecule has 90 valence electrons. The SMILES string of the molecule is CCCN=C(N)NCCCN(CC)CC. The van der Waals surface area contributed by atoms with Crippen molar-refractivity contribution in [1.82, 2.24) is 10.2 Å². The highest BCUT2D eigenvalue weighted by Gasteiger charge is 1.97. The molecule has 0 unspecified atom stereocenters. The van der Waals surface area contributed by atoms with Gasteiger partial charge in [0.25, 0.3) is 0 Å². The fourth-order valence-corrected chi connectivity index (χ4v) is 1.35. The van der Waals surface area contributed by atoms with Crippen molar-refractivity contribution < 1.29 is 0 Å². The van der Waals surface area contributed by atoms with Crippen molar-refractivity contribution in [2.45, 2.75) is 33.6 Å². The molecule has 4 heteroatoms. The molecule has 0 saturated heterocycles. The van der Waals surface area contributed by atoms with E-state index in [-0.39, 0.29) is 0 Å². The summed E-state index contributed by atoms with van der Waals surface area (Å²) in [5, 5.41) is 3.12. The Morgan fingerprint density at radius 3 is 2.47 bits per heavy atom. The lowest BCUT2D eigenvalue weighted by Gasteiger charge is -2.17. The number of guanidine groups is 1. The van der Waals surface area contributed by atoms with E-state index in [4.69, 9.17) is 5.73 Å². The predicted octanol–water partition coefficient (Wildman–Crippen LogP) is 1.03. The van der Waals surface area contributed by atoms with Crippen LogP contribution in [0.4, 0.5) is 0 Å². The minimum absolute atomic E-state index is 0.580. The van der Waals surface area contributed by atoms with E-state index >= 15 is 0 Å². The van der Waals surface area contributed by atoms with Gasteiger partial charge in [0.15, 0.2) is 5.96 Å². The second kappa shape index (κ2) is 9.77. The van der Waals surface area contributed by atoms with Crippen molar-refractivity contribution in [2.75, 3.05) is 32.7 Å². The summed E-state index contributed by atoms with van der Waals surface area (Å²) in [4.78, 5) is 6.57. The van der Waals surface area contributed by atoms with Crippen LogP contribution in [0.1, 0.15) is 33.6 Å². The molecule has 0 aromatic carbocycles. The molecule has 4 nitrogen and oxygen atoms in total. The Balaban J connectivity index is 3.44. The molecule has 0 amide bonds. The third-order valence-electron chi connectivity index (χ3n) is 2.36. The number of rotatable bonds is 8. The van der Waals surface area contributed by atoms with Crippen molar-refractivity contribution in [3.8, 4) is 0 Å². The Hall–Kier alpha value is -0.770. The van der Waals surface area contributed by atoms with E-state index in [0.29, 0.717) is 5.96 Å². The number of hydrogen-bond donors (Lipinski definition) is 2. The number of nitrogens with zero attached hydrogens (tertiary/aromatic N) is 2. The number of nitrogens with one attached hydrogen (secondary N) is 1. The summed E-state index contributed by atoms with van der Waals surface area (Å²) in [7, 11) is 0. The number of hydrogen-bond acceptors (Lipinski definition) is 2. The number of aliphatic imine (C=N–C) groups is 1. The third kappa shape index (κ3) is 8.24. The van der Waals surface area contributed by atoms with Gasteiger partial charge in [-0.25, -0.2) is 0 Å². The van der Waals surface area contributed by atoms with E-state index in [2.05, 4.69) is 36.0 Å². The van der Waals surface area contributed by atoms with Crippen LogP contribution in [0.2, 0.25) is 0 Å². The summed E-state index contributed by atoms with van der Waals surface area (Å²) in [6, 6.07) is 0. The molecular weight excluding hydrogens is 188 g/mol. The van der Waals surface area contributed by atoms with Crippen LogP contribution in [-0.4, -0.2) is 43.6 Å². The average Bonchev–Trinajstić information content (AvgIpc) is 2.26. The summed E-state index contributed by atoms with van der Waals surface area (Å²) < 4.78 is 0. The minimum atomic E-state index is 0.580. The van der Waals surface area contributed by atoms with Crippen LogP contribution in [0.25, 0.3) is 0 Å². The van der Waals surface area contributed by atoms with Crippen LogP contribution >= 0.6 is 0 Å². The summed E-state index contributed by atoms with van der Waals surface area (Å²) >= 11 is 0. The first-order chi connectivity index (χ1) is 7.24. The van der Waals surface area contributed by atoms with E-state index in [1.165, 1.54) is 0 Å². The molecule has 0 aliphatic heterocycles. The molecule has 0 heterocycles. The molecule has 0 radical (unpaired) electrons. The maximum atomic E-state index is 5.67. The van der Waals surface area contributed by atoms with Crippen molar-refractivity contribution in [3.63, 3.8) is 0 Å². The minimum Gasteiger partial charge on any atom is -0.370 e. The second-order valence-corrected chi connectivity index (χ2v) is 3.57. The van der Waals surface area contributed by atoms with Crippen molar-refractivity contribution in [3.05, 3.63) is 0 Å². The first-order valence-electron chi connectivity index (χ1n) is 6.00. The van der Waals surface area contributed by atoms with Gasteiger partial charge in [-0.05, 0) is 32.5 Å². The fraction of sp³-hybridized carbons (Fsp3) is 0.909. The van der Waals surface area contributed by atoms with Crippen LogP contribution in [0.5, 0.6) is 0 Å². The van der Waals surface area contributed by atoms with Gasteiger partial charge < -0.3 is 16.0 Å². The highest BCUT2D eigenvalue weighted by atomic mass is 15.1. The maximum Gasteiger partial charge on any atom is 0.188 e. The molecule has 0 spiro atoms. The van der Waals surface area contributed by atoms with E-state index in [0.717, 1.165) is 45.6 Å². The molecule has 0 aliphatic rings. The maximum absolute atomic E-state index is 5.67. The zero-order valence-electron chi connectivity index (χ0n) is 10.4. The Labute approximate surface area is 93.9 Å². The molecule has 15 heavy (non-hydrogen) atoms. The Morgan fingerprint density at radius 1 is 1.27 bits per heavy atom. The number of nitrogens with two attached hydrogens (primary N) is 1. The third-order valence-corrected chi connectivity index (χ3v) is 2.36. The normalized spacial score (nSPS) is 12.1. The van der Waals surface area contributed by atoms with E-state index < -0.39 is 0 Å². The lowest BCUT2D eigenvalue weighted by atomic mass is 10.3.